The van der Waals surface area contributed by atoms with Gasteiger partial charge in [0.25, 0.3) is 0 Å². The van der Waals surface area contributed by atoms with E-state index in [2.05, 4.69) is 57.8 Å². The molecule has 2 heterocycles. The highest BCUT2D eigenvalue weighted by Gasteiger charge is 2.30. The van der Waals surface area contributed by atoms with Crippen molar-refractivity contribution in [2.75, 3.05) is 13.1 Å². The normalized spacial score (nSPS) is 23.5. The maximum absolute atomic E-state index is 4.72. The minimum atomic E-state index is 0.505. The van der Waals surface area contributed by atoms with Gasteiger partial charge in [0.05, 0.1) is 10.7 Å². The Bertz CT molecular complexity index is 567. The Labute approximate surface area is 126 Å². The molecule has 1 aliphatic rings. The fourth-order valence-corrected chi connectivity index (χ4v) is 4.12. The Kier molecular flexibility index (Phi) is 4.01. The van der Waals surface area contributed by atoms with Gasteiger partial charge in [0, 0.05) is 28.2 Å². The van der Waals surface area contributed by atoms with Crippen molar-refractivity contribution in [3.8, 4) is 0 Å². The molecule has 2 unspecified atom stereocenters. The number of rotatable bonds is 2. The van der Waals surface area contributed by atoms with Crippen LogP contribution in [-0.2, 0) is 0 Å². The fourth-order valence-electron chi connectivity index (χ4n) is 2.87. The quantitative estimate of drug-likeness (QED) is 0.893. The molecular formula is C15H17BrN2S. The molecule has 4 heteroatoms. The SMILES string of the molecule is Cc1nc(C2CCNCC2c2ccccc2Br)cs1. The molecule has 1 aromatic carbocycles. The van der Waals surface area contributed by atoms with E-state index < -0.39 is 0 Å². The topological polar surface area (TPSA) is 24.9 Å². The van der Waals surface area contributed by atoms with Crippen LogP contribution < -0.4 is 5.32 Å². The lowest BCUT2D eigenvalue weighted by atomic mass is 9.80. The van der Waals surface area contributed by atoms with E-state index >= 15 is 0 Å². The first-order valence-corrected chi connectivity index (χ1v) is 8.30. The number of benzene rings is 1. The minimum absolute atomic E-state index is 0.505. The van der Waals surface area contributed by atoms with Crippen LogP contribution in [0.5, 0.6) is 0 Å². The van der Waals surface area contributed by atoms with Crippen LogP contribution in [0, 0.1) is 6.92 Å². The number of aromatic nitrogens is 1. The molecule has 100 valence electrons. The molecule has 1 N–H and O–H groups in total. The van der Waals surface area contributed by atoms with E-state index in [1.54, 1.807) is 11.3 Å². The summed E-state index contributed by atoms with van der Waals surface area (Å²) in [5.41, 5.74) is 2.66. The summed E-state index contributed by atoms with van der Waals surface area (Å²) in [5, 5.41) is 6.92. The van der Waals surface area contributed by atoms with Crippen LogP contribution in [0.4, 0.5) is 0 Å². The second kappa shape index (κ2) is 5.73. The maximum atomic E-state index is 4.72. The highest BCUT2D eigenvalue weighted by Crippen LogP contribution is 2.39. The van der Waals surface area contributed by atoms with Crippen molar-refractivity contribution < 1.29 is 0 Å². The van der Waals surface area contributed by atoms with Gasteiger partial charge in [-0.15, -0.1) is 11.3 Å². The molecule has 0 spiro atoms. The second-order valence-corrected chi connectivity index (χ2v) is 6.94. The van der Waals surface area contributed by atoms with Crippen molar-refractivity contribution in [3.05, 3.63) is 50.4 Å². The number of aryl methyl sites for hydroxylation is 1. The molecule has 0 amide bonds. The summed E-state index contributed by atoms with van der Waals surface area (Å²) in [6.45, 7) is 4.20. The highest BCUT2D eigenvalue weighted by atomic mass is 79.9. The van der Waals surface area contributed by atoms with Crippen molar-refractivity contribution in [1.82, 2.24) is 10.3 Å². The van der Waals surface area contributed by atoms with Crippen molar-refractivity contribution >= 4 is 27.3 Å². The summed E-state index contributed by atoms with van der Waals surface area (Å²) >= 11 is 5.45. The van der Waals surface area contributed by atoms with E-state index in [1.807, 2.05) is 0 Å². The Balaban J connectivity index is 1.96. The van der Waals surface area contributed by atoms with Gasteiger partial charge in [-0.3, -0.25) is 0 Å². The third-order valence-electron chi connectivity index (χ3n) is 3.80. The molecular weight excluding hydrogens is 320 g/mol. The van der Waals surface area contributed by atoms with E-state index in [-0.39, 0.29) is 0 Å². The molecule has 0 radical (unpaired) electrons. The standard InChI is InChI=1S/C15H17BrN2S/c1-10-18-15(9-19-10)12-6-7-17-8-13(12)11-4-2-3-5-14(11)16/h2-5,9,12-13,17H,6-8H2,1H3. The highest BCUT2D eigenvalue weighted by molar-refractivity contribution is 9.10. The van der Waals surface area contributed by atoms with Crippen LogP contribution >= 0.6 is 27.3 Å². The number of nitrogens with one attached hydrogen (secondary N) is 1. The summed E-state index contributed by atoms with van der Waals surface area (Å²) < 4.78 is 1.21. The Morgan fingerprint density at radius 2 is 2.16 bits per heavy atom. The van der Waals surface area contributed by atoms with Crippen LogP contribution in [0.1, 0.15) is 34.5 Å². The van der Waals surface area contributed by atoms with Crippen LogP contribution in [0.3, 0.4) is 0 Å². The van der Waals surface area contributed by atoms with Crippen LogP contribution in [0.25, 0.3) is 0 Å². The average Bonchev–Trinajstić information content (AvgIpc) is 2.86. The molecule has 2 nitrogen and oxygen atoms in total. The zero-order chi connectivity index (χ0) is 13.2. The molecule has 19 heavy (non-hydrogen) atoms. The number of hydrogen-bond donors (Lipinski definition) is 1. The first-order chi connectivity index (χ1) is 9.25. The monoisotopic (exact) mass is 336 g/mol. The molecule has 2 atom stereocenters. The first-order valence-electron chi connectivity index (χ1n) is 6.63. The van der Waals surface area contributed by atoms with Gasteiger partial charge >= 0.3 is 0 Å². The largest absolute Gasteiger partial charge is 0.316 e. The van der Waals surface area contributed by atoms with Crippen LogP contribution in [-0.4, -0.2) is 18.1 Å². The van der Waals surface area contributed by atoms with Crippen molar-refractivity contribution in [3.63, 3.8) is 0 Å². The zero-order valence-electron chi connectivity index (χ0n) is 10.9. The molecule has 1 aromatic heterocycles. The molecule has 1 aliphatic heterocycles. The Morgan fingerprint density at radius 3 is 2.89 bits per heavy atom. The number of hydrogen-bond acceptors (Lipinski definition) is 3. The molecule has 0 aliphatic carbocycles. The molecule has 1 saturated heterocycles. The van der Waals surface area contributed by atoms with Crippen molar-refractivity contribution in [1.29, 1.82) is 0 Å². The van der Waals surface area contributed by atoms with E-state index in [1.165, 1.54) is 20.7 Å². The Hall–Kier alpha value is -0.710. The van der Waals surface area contributed by atoms with Crippen molar-refractivity contribution in [2.45, 2.75) is 25.2 Å². The van der Waals surface area contributed by atoms with E-state index in [4.69, 9.17) is 4.98 Å². The van der Waals surface area contributed by atoms with Crippen LogP contribution in [0.2, 0.25) is 0 Å². The van der Waals surface area contributed by atoms with Gasteiger partial charge in [-0.2, -0.15) is 0 Å². The lowest BCUT2D eigenvalue weighted by Gasteiger charge is -2.32. The van der Waals surface area contributed by atoms with Gasteiger partial charge in [0.1, 0.15) is 0 Å². The minimum Gasteiger partial charge on any atom is -0.316 e. The third-order valence-corrected chi connectivity index (χ3v) is 5.32. The zero-order valence-corrected chi connectivity index (χ0v) is 13.3. The van der Waals surface area contributed by atoms with E-state index in [0.29, 0.717) is 11.8 Å². The molecule has 3 rings (SSSR count). The first kappa shape index (κ1) is 13.3. The Morgan fingerprint density at radius 1 is 1.32 bits per heavy atom. The van der Waals surface area contributed by atoms with Gasteiger partial charge < -0.3 is 5.32 Å². The predicted molar refractivity (Wildman–Crippen MR) is 84.0 cm³/mol. The van der Waals surface area contributed by atoms with Gasteiger partial charge in [0.15, 0.2) is 0 Å². The summed E-state index contributed by atoms with van der Waals surface area (Å²) in [6, 6.07) is 8.56. The maximum Gasteiger partial charge on any atom is 0.0897 e. The van der Waals surface area contributed by atoms with Gasteiger partial charge in [-0.1, -0.05) is 34.1 Å². The van der Waals surface area contributed by atoms with Crippen LogP contribution in [0.15, 0.2) is 34.1 Å². The summed E-state index contributed by atoms with van der Waals surface area (Å²) in [6.07, 6.45) is 1.16. The number of thiazole rings is 1. The average molecular weight is 337 g/mol. The van der Waals surface area contributed by atoms with Gasteiger partial charge in [0.2, 0.25) is 0 Å². The third kappa shape index (κ3) is 2.76. The molecule has 0 saturated carbocycles. The fraction of sp³-hybridized carbons (Fsp3) is 0.400. The second-order valence-electron chi connectivity index (χ2n) is 5.02. The smallest absolute Gasteiger partial charge is 0.0897 e. The molecule has 0 bridgehead atoms. The van der Waals surface area contributed by atoms with Crippen molar-refractivity contribution in [2.24, 2.45) is 0 Å². The van der Waals surface area contributed by atoms with E-state index in [0.717, 1.165) is 19.5 Å². The summed E-state index contributed by atoms with van der Waals surface area (Å²) in [5.74, 6) is 1.04. The van der Waals surface area contributed by atoms with Gasteiger partial charge in [-0.05, 0) is 31.5 Å². The van der Waals surface area contributed by atoms with E-state index in [9.17, 15) is 0 Å². The number of nitrogens with zero attached hydrogens (tertiary/aromatic N) is 1. The molecule has 2 aromatic rings. The number of halogens is 1. The summed E-state index contributed by atoms with van der Waals surface area (Å²) in [4.78, 5) is 4.72. The lowest BCUT2D eigenvalue weighted by molar-refractivity contribution is 0.398. The molecule has 1 fully saturated rings. The number of piperidine rings is 1. The van der Waals surface area contributed by atoms with Gasteiger partial charge in [-0.25, -0.2) is 4.98 Å². The predicted octanol–water partition coefficient (Wildman–Crippen LogP) is 4.07. The lowest BCUT2D eigenvalue weighted by Crippen LogP contribution is -2.34. The summed E-state index contributed by atoms with van der Waals surface area (Å²) in [7, 11) is 0.